The van der Waals surface area contributed by atoms with E-state index in [1.165, 1.54) is 23.9 Å². The van der Waals surface area contributed by atoms with E-state index in [0.717, 1.165) is 57.8 Å². The minimum atomic E-state index is -0.114. The topological polar surface area (TPSA) is 79.7 Å². The van der Waals surface area contributed by atoms with Crippen LogP contribution in [0.15, 0.2) is 17.1 Å². The molecular weight excluding hydrogens is 370 g/mol. The smallest absolute Gasteiger partial charge is 0.268 e. The average molecular weight is 406 g/mol. The van der Waals surface area contributed by atoms with E-state index in [9.17, 15) is 9.59 Å². The van der Waals surface area contributed by atoms with Crippen molar-refractivity contribution in [3.05, 3.63) is 22.6 Å². The molecule has 1 aromatic rings. The summed E-state index contributed by atoms with van der Waals surface area (Å²) >= 11 is 0. The molecule has 0 saturated carbocycles. The lowest BCUT2D eigenvalue weighted by molar-refractivity contribution is -0.122. The summed E-state index contributed by atoms with van der Waals surface area (Å²) in [5.41, 5.74) is 0.732. The number of hydrogen-bond acceptors (Lipinski definition) is 6. The first-order valence-corrected chi connectivity index (χ1v) is 11.0. The number of carbonyl (C=O) groups excluding carboxylic acids is 1. The third kappa shape index (κ3) is 6.82. The van der Waals surface area contributed by atoms with Crippen LogP contribution in [0.3, 0.4) is 0 Å². The fourth-order valence-corrected chi connectivity index (χ4v) is 4.28. The second-order valence-corrected chi connectivity index (χ2v) is 8.18. The van der Waals surface area contributed by atoms with Crippen LogP contribution in [-0.2, 0) is 16.1 Å². The Morgan fingerprint density at radius 1 is 1.21 bits per heavy atom. The van der Waals surface area contributed by atoms with E-state index in [-0.39, 0.29) is 11.5 Å². The first kappa shape index (κ1) is 21.8. The van der Waals surface area contributed by atoms with E-state index >= 15 is 0 Å². The summed E-state index contributed by atoms with van der Waals surface area (Å²) < 4.78 is 6.43. The van der Waals surface area contributed by atoms with E-state index in [2.05, 4.69) is 20.2 Å². The molecule has 1 N–H and O–H groups in total. The summed E-state index contributed by atoms with van der Waals surface area (Å²) in [6.07, 6.45) is 8.26. The summed E-state index contributed by atoms with van der Waals surface area (Å²) in [7, 11) is 1.61. The van der Waals surface area contributed by atoms with Crippen LogP contribution in [0.5, 0.6) is 0 Å². The van der Waals surface area contributed by atoms with E-state index in [1.807, 2.05) is 0 Å². The minimum absolute atomic E-state index is 0.114. The summed E-state index contributed by atoms with van der Waals surface area (Å²) in [4.78, 5) is 29.2. The van der Waals surface area contributed by atoms with Crippen molar-refractivity contribution >= 4 is 11.6 Å². The van der Waals surface area contributed by atoms with Crippen molar-refractivity contribution in [2.24, 2.45) is 5.92 Å². The number of likely N-dealkylation sites (tertiary alicyclic amines) is 1. The van der Waals surface area contributed by atoms with Crippen molar-refractivity contribution in [1.82, 2.24) is 20.0 Å². The number of piperidine rings is 2. The molecule has 1 atom stereocenters. The Balaban J connectivity index is 1.44. The highest BCUT2D eigenvalue weighted by atomic mass is 16.5. The molecule has 2 saturated heterocycles. The second-order valence-electron chi connectivity index (χ2n) is 8.18. The molecule has 0 radical (unpaired) electrons. The molecule has 162 valence electrons. The van der Waals surface area contributed by atoms with Crippen molar-refractivity contribution in [3.8, 4) is 0 Å². The zero-order valence-electron chi connectivity index (χ0n) is 17.6. The first-order chi connectivity index (χ1) is 14.2. The predicted octanol–water partition coefficient (Wildman–Crippen LogP) is 1.10. The highest BCUT2D eigenvalue weighted by molar-refractivity contribution is 5.76. The SMILES string of the molecule is COCCn1ncc(N2CCCC(CC(=O)NCCN3CCCCC3)C2)cc1=O. The molecule has 0 aliphatic carbocycles. The van der Waals surface area contributed by atoms with Gasteiger partial charge < -0.3 is 19.9 Å². The molecule has 0 spiro atoms. The van der Waals surface area contributed by atoms with Crippen molar-refractivity contribution in [2.75, 3.05) is 57.9 Å². The van der Waals surface area contributed by atoms with Crippen LogP contribution in [0.2, 0.25) is 0 Å². The predicted molar refractivity (Wildman–Crippen MR) is 113 cm³/mol. The van der Waals surface area contributed by atoms with Crippen LogP contribution in [-0.4, -0.2) is 73.6 Å². The van der Waals surface area contributed by atoms with Crippen LogP contribution >= 0.6 is 0 Å². The summed E-state index contributed by atoms with van der Waals surface area (Å²) in [5.74, 6) is 0.455. The largest absolute Gasteiger partial charge is 0.383 e. The van der Waals surface area contributed by atoms with Crippen LogP contribution in [0.25, 0.3) is 0 Å². The molecule has 1 aromatic heterocycles. The number of anilines is 1. The molecule has 3 rings (SSSR count). The van der Waals surface area contributed by atoms with Gasteiger partial charge in [-0.15, -0.1) is 0 Å². The quantitative estimate of drug-likeness (QED) is 0.663. The Morgan fingerprint density at radius 2 is 2.03 bits per heavy atom. The fourth-order valence-electron chi connectivity index (χ4n) is 4.28. The maximum absolute atomic E-state index is 12.4. The number of aromatic nitrogens is 2. The number of rotatable bonds is 9. The van der Waals surface area contributed by atoms with Crippen molar-refractivity contribution in [1.29, 1.82) is 0 Å². The molecule has 2 aliphatic rings. The minimum Gasteiger partial charge on any atom is -0.383 e. The van der Waals surface area contributed by atoms with Crippen molar-refractivity contribution in [3.63, 3.8) is 0 Å². The molecule has 1 unspecified atom stereocenters. The van der Waals surface area contributed by atoms with Gasteiger partial charge in [0.25, 0.3) is 5.56 Å². The van der Waals surface area contributed by atoms with Crippen LogP contribution < -0.4 is 15.8 Å². The number of nitrogens with zero attached hydrogens (tertiary/aromatic N) is 4. The Labute approximate surface area is 173 Å². The normalized spacial score (nSPS) is 20.6. The number of hydrogen-bond donors (Lipinski definition) is 1. The Hall–Kier alpha value is -1.93. The molecule has 8 nitrogen and oxygen atoms in total. The van der Waals surface area contributed by atoms with Gasteiger partial charge in [0.05, 0.1) is 25.0 Å². The van der Waals surface area contributed by atoms with Gasteiger partial charge in [0.15, 0.2) is 0 Å². The molecule has 0 aromatic carbocycles. The molecule has 2 aliphatic heterocycles. The monoisotopic (exact) mass is 405 g/mol. The lowest BCUT2D eigenvalue weighted by atomic mass is 9.94. The van der Waals surface area contributed by atoms with Crippen LogP contribution in [0, 0.1) is 5.92 Å². The van der Waals surface area contributed by atoms with Gasteiger partial charge in [0.2, 0.25) is 5.91 Å². The third-order valence-corrected chi connectivity index (χ3v) is 5.92. The number of amides is 1. The van der Waals surface area contributed by atoms with Gasteiger partial charge in [-0.1, -0.05) is 6.42 Å². The van der Waals surface area contributed by atoms with Gasteiger partial charge in [0.1, 0.15) is 0 Å². The second kappa shape index (κ2) is 11.3. The zero-order chi connectivity index (χ0) is 20.5. The van der Waals surface area contributed by atoms with E-state index in [0.29, 0.717) is 25.5 Å². The molecule has 2 fully saturated rings. The van der Waals surface area contributed by atoms with Crippen molar-refractivity contribution in [2.45, 2.75) is 45.1 Å². The molecule has 0 bridgehead atoms. The molecule has 1 amide bonds. The molecule has 29 heavy (non-hydrogen) atoms. The first-order valence-electron chi connectivity index (χ1n) is 11.0. The molecule has 8 heteroatoms. The summed E-state index contributed by atoms with van der Waals surface area (Å²) in [5, 5.41) is 7.35. The van der Waals surface area contributed by atoms with Gasteiger partial charge in [-0.3, -0.25) is 9.59 Å². The highest BCUT2D eigenvalue weighted by Crippen LogP contribution is 2.23. The van der Waals surface area contributed by atoms with E-state index in [1.54, 1.807) is 19.4 Å². The highest BCUT2D eigenvalue weighted by Gasteiger charge is 2.23. The number of nitrogens with one attached hydrogen (secondary N) is 1. The number of carbonyl (C=O) groups is 1. The zero-order valence-corrected chi connectivity index (χ0v) is 17.6. The van der Waals surface area contributed by atoms with E-state index < -0.39 is 0 Å². The lowest BCUT2D eigenvalue weighted by Gasteiger charge is -2.34. The van der Waals surface area contributed by atoms with E-state index in [4.69, 9.17) is 4.74 Å². The molecular formula is C21H35N5O3. The average Bonchev–Trinajstić information content (AvgIpc) is 2.74. The van der Waals surface area contributed by atoms with Gasteiger partial charge in [-0.25, -0.2) is 4.68 Å². The van der Waals surface area contributed by atoms with Gasteiger partial charge in [0, 0.05) is 45.8 Å². The standard InChI is InChI=1S/C21H35N5O3/c1-29-13-12-26-21(28)15-19(16-23-26)25-10-5-6-18(17-25)14-20(27)22-7-11-24-8-3-2-4-9-24/h15-16,18H,2-14,17H2,1H3,(H,22,27). The third-order valence-electron chi connectivity index (χ3n) is 5.92. The Bertz CT molecular complexity index is 702. The van der Waals surface area contributed by atoms with Gasteiger partial charge in [-0.05, 0) is 44.7 Å². The maximum atomic E-state index is 12.4. The fraction of sp³-hybridized carbons (Fsp3) is 0.762. The van der Waals surface area contributed by atoms with Gasteiger partial charge >= 0.3 is 0 Å². The number of methoxy groups -OCH3 is 1. The Morgan fingerprint density at radius 3 is 2.79 bits per heavy atom. The molecule has 3 heterocycles. The lowest BCUT2D eigenvalue weighted by Crippen LogP contribution is -2.40. The summed E-state index contributed by atoms with van der Waals surface area (Å²) in [6.45, 7) is 6.61. The van der Waals surface area contributed by atoms with Crippen LogP contribution in [0.1, 0.15) is 38.5 Å². The summed E-state index contributed by atoms with van der Waals surface area (Å²) in [6, 6.07) is 1.64. The number of ether oxygens (including phenoxy) is 1. The van der Waals surface area contributed by atoms with Crippen molar-refractivity contribution < 1.29 is 9.53 Å². The Kier molecular flexibility index (Phi) is 8.49. The van der Waals surface area contributed by atoms with Crippen LogP contribution in [0.4, 0.5) is 5.69 Å². The maximum Gasteiger partial charge on any atom is 0.268 e. The van der Waals surface area contributed by atoms with Gasteiger partial charge in [-0.2, -0.15) is 5.10 Å².